The summed E-state index contributed by atoms with van der Waals surface area (Å²) < 4.78 is 0.723. The second-order valence-electron chi connectivity index (χ2n) is 12.0. The highest BCUT2D eigenvalue weighted by atomic mass is 79.9. The number of benzene rings is 1. The number of amides is 3. The van der Waals surface area contributed by atoms with Crippen LogP contribution in [0.4, 0.5) is 0 Å². The molecule has 0 aliphatic carbocycles. The van der Waals surface area contributed by atoms with Gasteiger partial charge in [0, 0.05) is 22.8 Å². The standard InChI is InChI=1S/C30H36BrN3O5/c1-7-14-33-26(36)22-23(27(33)37)30(28(38)39,16-17(2)3)34(24(22)21-10-8-9-13-32-21)25(35)18-11-12-19(20(31)15-18)29(4,5)6/h8-13,15,17,22-24H,7,14,16H2,1-6H3,(H,38,39). The molecule has 8 nitrogen and oxygen atoms in total. The minimum atomic E-state index is -1.93. The molecule has 39 heavy (non-hydrogen) atoms. The minimum Gasteiger partial charge on any atom is -0.479 e. The zero-order chi connectivity index (χ0) is 28.9. The van der Waals surface area contributed by atoms with Gasteiger partial charge in [0.25, 0.3) is 5.91 Å². The first-order chi connectivity index (χ1) is 18.3. The second kappa shape index (κ2) is 10.5. The molecule has 4 rings (SSSR count). The monoisotopic (exact) mass is 597 g/mol. The zero-order valence-electron chi connectivity index (χ0n) is 23.3. The number of fused-ring (bicyclic) bond motifs is 1. The van der Waals surface area contributed by atoms with Crippen molar-refractivity contribution >= 4 is 39.6 Å². The largest absolute Gasteiger partial charge is 0.479 e. The maximum Gasteiger partial charge on any atom is 0.330 e. The number of hydrogen-bond acceptors (Lipinski definition) is 5. The molecule has 3 amide bonds. The average Bonchev–Trinajstić information content (AvgIpc) is 3.29. The van der Waals surface area contributed by atoms with Gasteiger partial charge in [-0.3, -0.25) is 24.3 Å². The first-order valence-corrected chi connectivity index (χ1v) is 14.2. The van der Waals surface area contributed by atoms with Crippen molar-refractivity contribution in [3.63, 3.8) is 0 Å². The molecule has 0 spiro atoms. The van der Waals surface area contributed by atoms with Crippen molar-refractivity contribution in [1.29, 1.82) is 0 Å². The van der Waals surface area contributed by atoms with Crippen molar-refractivity contribution in [2.75, 3.05) is 6.54 Å². The highest BCUT2D eigenvalue weighted by molar-refractivity contribution is 9.10. The predicted molar refractivity (Wildman–Crippen MR) is 150 cm³/mol. The summed E-state index contributed by atoms with van der Waals surface area (Å²) in [6.45, 7) is 12.0. The summed E-state index contributed by atoms with van der Waals surface area (Å²) in [5.74, 6) is -5.26. The fourth-order valence-electron chi connectivity index (χ4n) is 6.32. The topological polar surface area (TPSA) is 108 Å². The molecule has 0 saturated carbocycles. The molecule has 2 aromatic rings. The van der Waals surface area contributed by atoms with Gasteiger partial charge >= 0.3 is 5.97 Å². The maximum atomic E-state index is 14.5. The Balaban J connectivity index is 1.99. The van der Waals surface area contributed by atoms with E-state index in [2.05, 4.69) is 41.7 Å². The lowest BCUT2D eigenvalue weighted by Gasteiger charge is -2.41. The van der Waals surface area contributed by atoms with Crippen LogP contribution in [0.15, 0.2) is 47.1 Å². The number of carboxylic acids is 1. The summed E-state index contributed by atoms with van der Waals surface area (Å²) in [6, 6.07) is 9.37. The molecule has 4 unspecified atom stereocenters. The number of carbonyl (C=O) groups is 4. The van der Waals surface area contributed by atoms with E-state index in [9.17, 15) is 24.3 Å². The van der Waals surface area contributed by atoms with Gasteiger partial charge < -0.3 is 10.0 Å². The molecule has 2 saturated heterocycles. The number of aliphatic carboxylic acids is 1. The van der Waals surface area contributed by atoms with E-state index < -0.39 is 47.1 Å². The van der Waals surface area contributed by atoms with Crippen LogP contribution < -0.4 is 0 Å². The minimum absolute atomic E-state index is 0.0127. The Bertz CT molecular complexity index is 1310. The summed E-state index contributed by atoms with van der Waals surface area (Å²) >= 11 is 3.60. The van der Waals surface area contributed by atoms with Crippen molar-refractivity contribution in [3.05, 3.63) is 63.9 Å². The number of carboxylic acid groups (broad SMARTS) is 1. The summed E-state index contributed by atoms with van der Waals surface area (Å²) in [4.78, 5) is 62.5. The van der Waals surface area contributed by atoms with E-state index in [1.807, 2.05) is 26.8 Å². The first kappa shape index (κ1) is 28.9. The lowest BCUT2D eigenvalue weighted by Crippen LogP contribution is -2.60. The number of aromatic nitrogens is 1. The van der Waals surface area contributed by atoms with Crippen LogP contribution in [0.3, 0.4) is 0 Å². The summed E-state index contributed by atoms with van der Waals surface area (Å²) in [6.07, 6.45) is 2.11. The Kier molecular flexibility index (Phi) is 7.78. The van der Waals surface area contributed by atoms with Crippen LogP contribution in [0.25, 0.3) is 0 Å². The Morgan fingerprint density at radius 3 is 2.33 bits per heavy atom. The van der Waals surface area contributed by atoms with E-state index in [4.69, 9.17) is 0 Å². The number of rotatable bonds is 7. The molecule has 0 radical (unpaired) electrons. The van der Waals surface area contributed by atoms with Gasteiger partial charge in [-0.25, -0.2) is 4.79 Å². The molecule has 4 atom stereocenters. The van der Waals surface area contributed by atoms with Crippen molar-refractivity contribution < 1.29 is 24.3 Å². The highest BCUT2D eigenvalue weighted by Gasteiger charge is 2.73. The molecular weight excluding hydrogens is 562 g/mol. The lowest BCUT2D eigenvalue weighted by atomic mass is 9.75. The smallest absolute Gasteiger partial charge is 0.330 e. The van der Waals surface area contributed by atoms with Gasteiger partial charge in [-0.15, -0.1) is 0 Å². The molecule has 2 aliphatic heterocycles. The van der Waals surface area contributed by atoms with E-state index in [0.717, 1.165) is 10.0 Å². The number of pyridine rings is 1. The van der Waals surface area contributed by atoms with Crippen LogP contribution >= 0.6 is 15.9 Å². The van der Waals surface area contributed by atoms with Gasteiger partial charge in [0.05, 0.1) is 23.6 Å². The molecule has 2 fully saturated rings. The number of nitrogens with zero attached hydrogens (tertiary/aromatic N) is 3. The Labute approximate surface area is 237 Å². The molecule has 1 aromatic heterocycles. The molecule has 2 aliphatic rings. The number of halogens is 1. The number of hydrogen-bond donors (Lipinski definition) is 1. The molecule has 9 heteroatoms. The van der Waals surface area contributed by atoms with E-state index >= 15 is 0 Å². The molecule has 1 aromatic carbocycles. The normalized spacial score (nSPS) is 25.0. The van der Waals surface area contributed by atoms with E-state index in [0.29, 0.717) is 12.1 Å². The fraction of sp³-hybridized carbons (Fsp3) is 0.500. The molecule has 3 heterocycles. The first-order valence-electron chi connectivity index (χ1n) is 13.4. The predicted octanol–water partition coefficient (Wildman–Crippen LogP) is 5.22. The number of imide groups is 1. The fourth-order valence-corrected chi connectivity index (χ4v) is 7.29. The zero-order valence-corrected chi connectivity index (χ0v) is 24.9. The SMILES string of the molecule is CCCN1C(=O)C2C(c3ccccn3)N(C(=O)c3ccc(C(C)(C)C)c(Br)c3)C(CC(C)C)(C(=O)O)C2C1=O. The van der Waals surface area contributed by atoms with E-state index in [1.165, 1.54) is 9.80 Å². The summed E-state index contributed by atoms with van der Waals surface area (Å²) in [5, 5.41) is 10.9. The second-order valence-corrected chi connectivity index (χ2v) is 12.8. The van der Waals surface area contributed by atoms with Crippen LogP contribution in [-0.4, -0.2) is 55.7 Å². The Morgan fingerprint density at radius 2 is 1.82 bits per heavy atom. The molecular formula is C30H36BrN3O5. The van der Waals surface area contributed by atoms with Crippen LogP contribution in [0.5, 0.6) is 0 Å². The Morgan fingerprint density at radius 1 is 1.13 bits per heavy atom. The van der Waals surface area contributed by atoms with Gasteiger partial charge in [-0.2, -0.15) is 0 Å². The quantitative estimate of drug-likeness (QED) is 0.438. The van der Waals surface area contributed by atoms with Crippen LogP contribution in [0, 0.1) is 17.8 Å². The van der Waals surface area contributed by atoms with E-state index in [1.54, 1.807) is 36.5 Å². The average molecular weight is 599 g/mol. The third kappa shape index (κ3) is 4.68. The van der Waals surface area contributed by atoms with Gasteiger partial charge in [-0.05, 0) is 54.0 Å². The van der Waals surface area contributed by atoms with E-state index in [-0.39, 0.29) is 29.9 Å². The third-order valence-electron chi connectivity index (χ3n) is 7.78. The van der Waals surface area contributed by atoms with Crippen LogP contribution in [0.1, 0.15) is 82.0 Å². The van der Waals surface area contributed by atoms with Crippen molar-refractivity contribution in [2.45, 2.75) is 71.4 Å². The summed E-state index contributed by atoms with van der Waals surface area (Å²) in [7, 11) is 0. The van der Waals surface area contributed by atoms with Crippen molar-refractivity contribution in [3.8, 4) is 0 Å². The van der Waals surface area contributed by atoms with Crippen molar-refractivity contribution in [2.24, 2.45) is 17.8 Å². The maximum absolute atomic E-state index is 14.5. The van der Waals surface area contributed by atoms with Gasteiger partial charge in [0.15, 0.2) is 5.54 Å². The number of likely N-dealkylation sites (tertiary alicyclic amines) is 2. The highest BCUT2D eigenvalue weighted by Crippen LogP contribution is 2.57. The van der Waals surface area contributed by atoms with Gasteiger partial charge in [0.2, 0.25) is 11.8 Å². The molecule has 208 valence electrons. The molecule has 1 N–H and O–H groups in total. The van der Waals surface area contributed by atoms with Crippen molar-refractivity contribution in [1.82, 2.24) is 14.8 Å². The van der Waals surface area contributed by atoms with Crippen LogP contribution in [-0.2, 0) is 19.8 Å². The third-order valence-corrected chi connectivity index (χ3v) is 8.43. The Hall–Kier alpha value is -3.07. The lowest BCUT2D eigenvalue weighted by molar-refractivity contribution is -0.157. The molecule has 0 bridgehead atoms. The summed E-state index contributed by atoms with van der Waals surface area (Å²) in [5.41, 5.74) is -0.465. The number of carbonyl (C=O) groups excluding carboxylic acids is 3. The van der Waals surface area contributed by atoms with Gasteiger partial charge in [0.1, 0.15) is 0 Å². The van der Waals surface area contributed by atoms with Gasteiger partial charge in [-0.1, -0.05) is 69.6 Å². The van der Waals surface area contributed by atoms with Crippen LogP contribution in [0.2, 0.25) is 0 Å².